The van der Waals surface area contributed by atoms with Crippen LogP contribution in [0, 0.1) is 12.8 Å². The Balaban J connectivity index is 1.88. The van der Waals surface area contributed by atoms with Gasteiger partial charge >= 0.3 is 5.97 Å². The van der Waals surface area contributed by atoms with Gasteiger partial charge in [0.05, 0.1) is 29.9 Å². The normalized spacial score (nSPS) is 16.3. The Bertz CT molecular complexity index is 669. The predicted molar refractivity (Wildman–Crippen MR) is 101 cm³/mol. The summed E-state index contributed by atoms with van der Waals surface area (Å²) in [5.74, 6) is -0.620. The van der Waals surface area contributed by atoms with E-state index in [1.54, 1.807) is 11.8 Å². The zero-order valence-electron chi connectivity index (χ0n) is 15.3. The Morgan fingerprint density at radius 2 is 2.04 bits per heavy atom. The molecule has 1 aliphatic heterocycles. The van der Waals surface area contributed by atoms with E-state index < -0.39 is 0 Å². The van der Waals surface area contributed by atoms with Crippen LogP contribution in [-0.4, -0.2) is 52.6 Å². The highest BCUT2D eigenvalue weighted by atomic mass is 32.2. The Labute approximate surface area is 161 Å². The van der Waals surface area contributed by atoms with Gasteiger partial charge in [0.1, 0.15) is 0 Å². The molecule has 0 bridgehead atoms. The van der Waals surface area contributed by atoms with Crippen molar-refractivity contribution in [1.29, 1.82) is 0 Å². The van der Waals surface area contributed by atoms with Crippen LogP contribution < -0.4 is 5.73 Å². The summed E-state index contributed by atoms with van der Waals surface area (Å²) < 4.78 is 5.82. The van der Waals surface area contributed by atoms with Crippen molar-refractivity contribution < 1.29 is 19.1 Å². The number of carbonyl (C=O) groups excluding carboxylic acids is 3. The Hall–Kier alpha value is -1.61. The molecule has 1 saturated heterocycles. The Kier molecular flexibility index (Phi) is 7.45. The summed E-state index contributed by atoms with van der Waals surface area (Å²) in [4.78, 5) is 42.6. The zero-order chi connectivity index (χ0) is 19.3. The predicted octanol–water partition coefficient (Wildman–Crippen LogP) is 1.76. The highest BCUT2D eigenvalue weighted by Gasteiger charge is 2.30. The number of piperidine rings is 1. The fourth-order valence-electron chi connectivity index (χ4n) is 2.83. The number of hydrogen-bond donors (Lipinski definition) is 1. The fraction of sp³-hybridized carbons (Fsp3) is 0.647. The van der Waals surface area contributed by atoms with E-state index >= 15 is 0 Å². The lowest BCUT2D eigenvalue weighted by Gasteiger charge is -2.32. The van der Waals surface area contributed by atoms with Crippen molar-refractivity contribution in [3.05, 3.63) is 10.6 Å². The number of esters is 1. The standard InChI is InChI=1S/C17H25N3O4S2/c1-4-24-16(23)12-5-7-20(8-6-12)15(22)11(3)25-17-19-10(2)13(26-17)9-14(18)21/h11-12H,4-9H2,1-3H3,(H2,18,21)/t11-/m1/s1. The van der Waals surface area contributed by atoms with Crippen molar-refractivity contribution in [3.63, 3.8) is 0 Å². The van der Waals surface area contributed by atoms with Crippen LogP contribution in [0.1, 0.15) is 37.3 Å². The maximum atomic E-state index is 12.7. The summed E-state index contributed by atoms with van der Waals surface area (Å²) in [6, 6.07) is 0. The van der Waals surface area contributed by atoms with Gasteiger partial charge in [-0.2, -0.15) is 0 Å². The molecule has 9 heteroatoms. The summed E-state index contributed by atoms with van der Waals surface area (Å²) in [7, 11) is 0. The first-order valence-electron chi connectivity index (χ1n) is 8.68. The van der Waals surface area contributed by atoms with Crippen LogP contribution in [0.3, 0.4) is 0 Å². The van der Waals surface area contributed by atoms with E-state index in [0.29, 0.717) is 32.5 Å². The number of hydrogen-bond acceptors (Lipinski definition) is 7. The van der Waals surface area contributed by atoms with Gasteiger partial charge in [-0.15, -0.1) is 11.3 Å². The van der Waals surface area contributed by atoms with Gasteiger partial charge in [0.15, 0.2) is 4.34 Å². The molecule has 0 unspecified atom stereocenters. The number of rotatable bonds is 7. The second-order valence-electron chi connectivity index (χ2n) is 6.24. The molecular formula is C17H25N3O4S2. The molecule has 0 spiro atoms. The lowest BCUT2D eigenvalue weighted by Crippen LogP contribution is -2.43. The number of nitrogens with zero attached hydrogens (tertiary/aromatic N) is 2. The molecule has 2 rings (SSSR count). The van der Waals surface area contributed by atoms with E-state index in [1.807, 2.05) is 13.8 Å². The lowest BCUT2D eigenvalue weighted by molar-refractivity contribution is -0.151. The van der Waals surface area contributed by atoms with Crippen LogP contribution in [-0.2, 0) is 25.5 Å². The van der Waals surface area contributed by atoms with Crippen LogP contribution in [0.15, 0.2) is 4.34 Å². The van der Waals surface area contributed by atoms with Crippen molar-refractivity contribution in [1.82, 2.24) is 9.88 Å². The second-order valence-corrected chi connectivity index (χ2v) is 8.91. The van der Waals surface area contributed by atoms with Crippen LogP contribution in [0.4, 0.5) is 0 Å². The number of amides is 2. The molecule has 1 aromatic heterocycles. The third kappa shape index (κ3) is 5.44. The molecular weight excluding hydrogens is 374 g/mol. The molecule has 26 heavy (non-hydrogen) atoms. The van der Waals surface area contributed by atoms with Gasteiger partial charge in [-0.05, 0) is 33.6 Å². The number of aryl methyl sites for hydroxylation is 1. The van der Waals surface area contributed by atoms with Gasteiger partial charge in [-0.25, -0.2) is 4.98 Å². The molecule has 2 amide bonds. The summed E-state index contributed by atoms with van der Waals surface area (Å²) in [6.45, 7) is 7.01. The molecule has 0 aromatic carbocycles. The molecule has 1 fully saturated rings. The second kappa shape index (κ2) is 9.36. The molecule has 1 atom stereocenters. The van der Waals surface area contributed by atoms with E-state index in [2.05, 4.69) is 4.98 Å². The molecule has 0 saturated carbocycles. The highest BCUT2D eigenvalue weighted by molar-refractivity contribution is 8.02. The number of nitrogens with two attached hydrogens (primary N) is 1. The topological polar surface area (TPSA) is 103 Å². The Morgan fingerprint density at radius 1 is 1.38 bits per heavy atom. The first-order chi connectivity index (χ1) is 12.3. The first-order valence-corrected chi connectivity index (χ1v) is 10.4. The van der Waals surface area contributed by atoms with Gasteiger partial charge in [0.2, 0.25) is 11.8 Å². The van der Waals surface area contributed by atoms with E-state index in [-0.39, 0.29) is 35.4 Å². The molecule has 0 radical (unpaired) electrons. The molecule has 7 nitrogen and oxygen atoms in total. The van der Waals surface area contributed by atoms with E-state index in [4.69, 9.17) is 10.5 Å². The van der Waals surface area contributed by atoms with Gasteiger partial charge in [-0.3, -0.25) is 14.4 Å². The summed E-state index contributed by atoms with van der Waals surface area (Å²) >= 11 is 2.80. The molecule has 144 valence electrons. The smallest absolute Gasteiger partial charge is 0.309 e. The maximum absolute atomic E-state index is 12.7. The third-order valence-electron chi connectivity index (χ3n) is 4.26. The zero-order valence-corrected chi connectivity index (χ0v) is 17.0. The van der Waals surface area contributed by atoms with Crippen LogP contribution in [0.25, 0.3) is 0 Å². The van der Waals surface area contributed by atoms with Crippen molar-refractivity contribution in [2.24, 2.45) is 11.7 Å². The van der Waals surface area contributed by atoms with Crippen LogP contribution in [0.2, 0.25) is 0 Å². The van der Waals surface area contributed by atoms with Gasteiger partial charge in [-0.1, -0.05) is 11.8 Å². The maximum Gasteiger partial charge on any atom is 0.309 e. The average Bonchev–Trinajstić information content (AvgIpc) is 2.93. The van der Waals surface area contributed by atoms with E-state index in [1.165, 1.54) is 23.1 Å². The van der Waals surface area contributed by atoms with Crippen molar-refractivity contribution >= 4 is 40.9 Å². The quantitative estimate of drug-likeness (QED) is 0.554. The third-order valence-corrected chi connectivity index (χ3v) is 6.60. The molecule has 1 aliphatic rings. The number of thioether (sulfide) groups is 1. The highest BCUT2D eigenvalue weighted by Crippen LogP contribution is 2.32. The van der Waals surface area contributed by atoms with Gasteiger partial charge in [0.25, 0.3) is 0 Å². The SMILES string of the molecule is CCOC(=O)C1CCN(C(=O)[C@@H](C)Sc2nc(C)c(CC(N)=O)s2)CC1. The minimum atomic E-state index is -0.387. The number of likely N-dealkylation sites (tertiary alicyclic amines) is 1. The molecule has 2 heterocycles. The van der Waals surface area contributed by atoms with Gasteiger partial charge < -0.3 is 15.4 Å². The summed E-state index contributed by atoms with van der Waals surface area (Å²) in [5, 5.41) is -0.277. The number of thiazole rings is 1. The van der Waals surface area contributed by atoms with Crippen LogP contribution in [0.5, 0.6) is 0 Å². The number of ether oxygens (including phenoxy) is 1. The molecule has 2 N–H and O–H groups in total. The molecule has 0 aliphatic carbocycles. The lowest BCUT2D eigenvalue weighted by atomic mass is 9.97. The number of aromatic nitrogens is 1. The average molecular weight is 400 g/mol. The van der Waals surface area contributed by atoms with Crippen LogP contribution >= 0.6 is 23.1 Å². The fourth-order valence-corrected chi connectivity index (χ4v) is 5.30. The van der Waals surface area contributed by atoms with Crippen molar-refractivity contribution in [2.45, 2.75) is 49.6 Å². The minimum Gasteiger partial charge on any atom is -0.466 e. The van der Waals surface area contributed by atoms with E-state index in [9.17, 15) is 14.4 Å². The monoisotopic (exact) mass is 399 g/mol. The minimum absolute atomic E-state index is 0.0432. The van der Waals surface area contributed by atoms with E-state index in [0.717, 1.165) is 14.9 Å². The number of primary amides is 1. The Morgan fingerprint density at radius 3 is 2.62 bits per heavy atom. The summed E-state index contributed by atoms with van der Waals surface area (Å²) in [5.41, 5.74) is 6.02. The summed E-state index contributed by atoms with van der Waals surface area (Å²) in [6.07, 6.45) is 1.45. The number of carbonyl (C=O) groups is 3. The van der Waals surface area contributed by atoms with Gasteiger partial charge in [0, 0.05) is 18.0 Å². The van der Waals surface area contributed by atoms with Crippen molar-refractivity contribution in [2.75, 3.05) is 19.7 Å². The largest absolute Gasteiger partial charge is 0.466 e. The molecule has 1 aromatic rings. The first kappa shape index (κ1) is 20.7. The van der Waals surface area contributed by atoms with Crippen molar-refractivity contribution in [3.8, 4) is 0 Å².